The van der Waals surface area contributed by atoms with Crippen LogP contribution in [-0.4, -0.2) is 24.0 Å². The van der Waals surface area contributed by atoms with Gasteiger partial charge in [0.2, 0.25) is 0 Å². The standard InChI is InChI=1S/C16H13Br2NO2/c17-12-5-6-14(18)13(9-12)16(20)19-7-8-21-15-4-2-1-3-11(15)10-19/h1-6,9H,7-8,10H2. The third-order valence-corrected chi connectivity index (χ3v) is 4.58. The molecule has 0 saturated carbocycles. The Morgan fingerprint density at radius 1 is 1.14 bits per heavy atom. The second-order valence-corrected chi connectivity index (χ2v) is 6.58. The van der Waals surface area contributed by atoms with Crippen molar-refractivity contribution in [3.63, 3.8) is 0 Å². The molecule has 0 bridgehead atoms. The molecule has 1 amide bonds. The molecule has 2 aromatic carbocycles. The first-order chi connectivity index (χ1) is 10.1. The van der Waals surface area contributed by atoms with E-state index in [0.29, 0.717) is 25.3 Å². The van der Waals surface area contributed by atoms with Crippen molar-refractivity contribution >= 4 is 37.8 Å². The number of amides is 1. The molecule has 0 N–H and O–H groups in total. The molecule has 21 heavy (non-hydrogen) atoms. The van der Waals surface area contributed by atoms with Crippen LogP contribution in [0.25, 0.3) is 0 Å². The summed E-state index contributed by atoms with van der Waals surface area (Å²) in [5.74, 6) is 0.865. The second kappa shape index (κ2) is 6.20. The molecule has 0 atom stereocenters. The van der Waals surface area contributed by atoms with E-state index in [1.165, 1.54) is 0 Å². The maximum atomic E-state index is 12.8. The van der Waals surface area contributed by atoms with Crippen molar-refractivity contribution in [3.05, 3.63) is 62.5 Å². The number of para-hydroxylation sites is 1. The summed E-state index contributed by atoms with van der Waals surface area (Å²) >= 11 is 6.86. The van der Waals surface area contributed by atoms with Crippen molar-refractivity contribution in [1.82, 2.24) is 4.90 Å². The number of fused-ring (bicyclic) bond motifs is 1. The Labute approximate surface area is 140 Å². The lowest BCUT2D eigenvalue weighted by molar-refractivity contribution is 0.0732. The molecule has 0 saturated heterocycles. The van der Waals surface area contributed by atoms with Crippen molar-refractivity contribution in [2.75, 3.05) is 13.2 Å². The summed E-state index contributed by atoms with van der Waals surface area (Å²) in [7, 11) is 0. The largest absolute Gasteiger partial charge is 0.491 e. The zero-order valence-electron chi connectivity index (χ0n) is 11.2. The fourth-order valence-corrected chi connectivity index (χ4v) is 3.11. The maximum absolute atomic E-state index is 12.8. The monoisotopic (exact) mass is 409 g/mol. The Morgan fingerprint density at radius 2 is 1.95 bits per heavy atom. The van der Waals surface area contributed by atoms with E-state index in [9.17, 15) is 4.79 Å². The van der Waals surface area contributed by atoms with Gasteiger partial charge >= 0.3 is 0 Å². The van der Waals surface area contributed by atoms with Crippen molar-refractivity contribution in [3.8, 4) is 5.75 Å². The highest BCUT2D eigenvalue weighted by Crippen LogP contribution is 2.26. The van der Waals surface area contributed by atoms with Gasteiger partial charge in [-0.15, -0.1) is 0 Å². The zero-order valence-corrected chi connectivity index (χ0v) is 14.4. The van der Waals surface area contributed by atoms with E-state index in [1.54, 1.807) is 0 Å². The minimum atomic E-state index is 0.00322. The summed E-state index contributed by atoms with van der Waals surface area (Å²) in [6.07, 6.45) is 0. The topological polar surface area (TPSA) is 29.5 Å². The highest BCUT2D eigenvalue weighted by Gasteiger charge is 2.22. The third kappa shape index (κ3) is 3.14. The molecule has 108 valence electrons. The van der Waals surface area contributed by atoms with Gasteiger partial charge in [0.1, 0.15) is 12.4 Å². The van der Waals surface area contributed by atoms with Crippen LogP contribution in [0.15, 0.2) is 51.4 Å². The lowest BCUT2D eigenvalue weighted by Crippen LogP contribution is -2.32. The molecule has 0 radical (unpaired) electrons. The fraction of sp³-hybridized carbons (Fsp3) is 0.188. The van der Waals surface area contributed by atoms with Gasteiger partial charge in [0.05, 0.1) is 12.1 Å². The molecule has 0 fully saturated rings. The molecule has 3 nitrogen and oxygen atoms in total. The predicted molar refractivity (Wildman–Crippen MR) is 88.5 cm³/mol. The second-order valence-electron chi connectivity index (χ2n) is 4.81. The van der Waals surface area contributed by atoms with Crippen LogP contribution in [0.2, 0.25) is 0 Å². The summed E-state index contributed by atoms with van der Waals surface area (Å²) < 4.78 is 7.39. The van der Waals surface area contributed by atoms with E-state index in [4.69, 9.17) is 4.74 Å². The van der Waals surface area contributed by atoms with Crippen LogP contribution in [0, 0.1) is 0 Å². The van der Waals surface area contributed by atoms with Crippen LogP contribution in [0.5, 0.6) is 5.75 Å². The van der Waals surface area contributed by atoms with Crippen molar-refractivity contribution in [2.45, 2.75) is 6.54 Å². The maximum Gasteiger partial charge on any atom is 0.255 e. The summed E-state index contributed by atoms with van der Waals surface area (Å²) in [5.41, 5.74) is 1.69. The molecule has 2 aromatic rings. The van der Waals surface area contributed by atoms with Crippen LogP contribution in [0.4, 0.5) is 0 Å². The Hall–Kier alpha value is -1.33. The highest BCUT2D eigenvalue weighted by molar-refractivity contribution is 9.11. The molecule has 0 unspecified atom stereocenters. The van der Waals surface area contributed by atoms with Gasteiger partial charge in [0.15, 0.2) is 0 Å². The van der Waals surface area contributed by atoms with Gasteiger partial charge in [-0.1, -0.05) is 34.1 Å². The van der Waals surface area contributed by atoms with Crippen LogP contribution >= 0.6 is 31.9 Å². The van der Waals surface area contributed by atoms with Gasteiger partial charge in [-0.05, 0) is 40.2 Å². The molecule has 0 aliphatic carbocycles. The van der Waals surface area contributed by atoms with E-state index in [0.717, 1.165) is 20.3 Å². The SMILES string of the molecule is O=C(c1cc(Br)ccc1Br)N1CCOc2ccccc2C1. The van der Waals surface area contributed by atoms with Crippen LogP contribution in [0.3, 0.4) is 0 Å². The number of benzene rings is 2. The van der Waals surface area contributed by atoms with Gasteiger partial charge in [-0.25, -0.2) is 0 Å². The van der Waals surface area contributed by atoms with E-state index in [2.05, 4.69) is 31.9 Å². The van der Waals surface area contributed by atoms with Crippen molar-refractivity contribution in [2.24, 2.45) is 0 Å². The Morgan fingerprint density at radius 3 is 2.81 bits per heavy atom. The first kappa shape index (κ1) is 14.6. The van der Waals surface area contributed by atoms with Crippen LogP contribution in [0.1, 0.15) is 15.9 Å². The normalized spacial score (nSPS) is 14.1. The van der Waals surface area contributed by atoms with Gasteiger partial charge in [-0.3, -0.25) is 4.79 Å². The minimum Gasteiger partial charge on any atom is -0.491 e. The van der Waals surface area contributed by atoms with Crippen LogP contribution in [-0.2, 0) is 6.54 Å². The quantitative estimate of drug-likeness (QED) is 0.703. The molecule has 3 rings (SSSR count). The van der Waals surface area contributed by atoms with Crippen LogP contribution < -0.4 is 4.74 Å². The first-order valence-corrected chi connectivity index (χ1v) is 8.19. The molecular weight excluding hydrogens is 398 g/mol. The highest BCUT2D eigenvalue weighted by atomic mass is 79.9. The summed E-state index contributed by atoms with van der Waals surface area (Å²) in [4.78, 5) is 14.6. The van der Waals surface area contributed by atoms with E-state index in [1.807, 2.05) is 47.4 Å². The summed E-state index contributed by atoms with van der Waals surface area (Å²) in [6.45, 7) is 1.65. The smallest absolute Gasteiger partial charge is 0.255 e. The molecular formula is C16H13Br2NO2. The first-order valence-electron chi connectivity index (χ1n) is 6.60. The Balaban J connectivity index is 1.90. The Bertz CT molecular complexity index is 688. The number of ether oxygens (including phenoxy) is 1. The minimum absolute atomic E-state index is 0.00322. The molecule has 5 heteroatoms. The molecule has 1 aliphatic heterocycles. The number of carbonyl (C=O) groups excluding carboxylic acids is 1. The molecule has 0 spiro atoms. The van der Waals surface area contributed by atoms with Gasteiger partial charge in [0, 0.05) is 21.1 Å². The fourth-order valence-electron chi connectivity index (χ4n) is 2.33. The van der Waals surface area contributed by atoms with Crippen molar-refractivity contribution in [1.29, 1.82) is 0 Å². The lowest BCUT2D eigenvalue weighted by atomic mass is 10.1. The number of rotatable bonds is 1. The number of hydrogen-bond donors (Lipinski definition) is 0. The average molecular weight is 411 g/mol. The Kier molecular flexibility index (Phi) is 4.31. The molecule has 0 aromatic heterocycles. The molecule has 1 heterocycles. The van der Waals surface area contributed by atoms with Gasteiger partial charge in [0.25, 0.3) is 5.91 Å². The summed E-state index contributed by atoms with van der Waals surface area (Å²) in [6, 6.07) is 13.5. The number of carbonyl (C=O) groups is 1. The predicted octanol–water partition coefficient (Wildman–Crippen LogP) is 4.25. The number of halogens is 2. The number of hydrogen-bond acceptors (Lipinski definition) is 2. The molecule has 1 aliphatic rings. The lowest BCUT2D eigenvalue weighted by Gasteiger charge is -2.20. The third-order valence-electron chi connectivity index (χ3n) is 3.40. The average Bonchev–Trinajstić information content (AvgIpc) is 2.71. The summed E-state index contributed by atoms with van der Waals surface area (Å²) in [5, 5.41) is 0. The van der Waals surface area contributed by atoms with E-state index >= 15 is 0 Å². The van der Waals surface area contributed by atoms with Gasteiger partial charge < -0.3 is 9.64 Å². The van der Waals surface area contributed by atoms with E-state index in [-0.39, 0.29) is 5.91 Å². The zero-order chi connectivity index (χ0) is 14.8. The van der Waals surface area contributed by atoms with Crippen molar-refractivity contribution < 1.29 is 9.53 Å². The number of nitrogens with zero attached hydrogens (tertiary/aromatic N) is 1. The van der Waals surface area contributed by atoms with E-state index < -0.39 is 0 Å². The van der Waals surface area contributed by atoms with Gasteiger partial charge in [-0.2, -0.15) is 0 Å².